The first-order valence-corrected chi connectivity index (χ1v) is 17.7. The Balaban J connectivity index is 1.08. The molecule has 0 aliphatic carbocycles. The molecule has 2 aliphatic heterocycles. The Morgan fingerprint density at radius 1 is 1.11 bits per heavy atom. The maximum absolute atomic E-state index is 12.2. The first-order valence-electron chi connectivity index (χ1n) is 15.9. The second kappa shape index (κ2) is 18.5. The van der Waals surface area contributed by atoms with Crippen molar-refractivity contribution in [1.29, 1.82) is 0 Å². The molecule has 2 aromatic heterocycles. The van der Waals surface area contributed by atoms with Crippen LogP contribution < -0.4 is 5.32 Å². The van der Waals surface area contributed by atoms with Gasteiger partial charge in [-0.1, -0.05) is 37.5 Å². The van der Waals surface area contributed by atoms with Gasteiger partial charge in [0.25, 0.3) is 0 Å². The van der Waals surface area contributed by atoms with Gasteiger partial charge in [-0.15, -0.1) is 11.3 Å². The molecular formula is C32H46N6O6S2. The van der Waals surface area contributed by atoms with Gasteiger partial charge in [-0.3, -0.25) is 19.3 Å². The fourth-order valence-corrected chi connectivity index (χ4v) is 7.22. The van der Waals surface area contributed by atoms with E-state index in [1.54, 1.807) is 0 Å². The lowest BCUT2D eigenvalue weighted by Gasteiger charge is -2.38. The molecule has 0 spiro atoms. The average Bonchev–Trinajstić information content (AvgIpc) is 3.43. The number of piperidine rings is 1. The zero-order valence-electron chi connectivity index (χ0n) is 27.1. The molecule has 2 fully saturated rings. The minimum atomic E-state index is -0.754. The van der Waals surface area contributed by atoms with Crippen molar-refractivity contribution in [3.63, 3.8) is 0 Å². The SMILES string of the molecule is Cc1nc(SCC(=O)OCC(C)C)c2cc(C#CCNC(=O)COCCN3CCC(CN4CCN(CC(=O)O)CC4)CC3)sc2n1. The third-order valence-electron chi connectivity index (χ3n) is 7.79. The Labute approximate surface area is 279 Å². The van der Waals surface area contributed by atoms with Crippen LogP contribution in [0.1, 0.15) is 37.4 Å². The van der Waals surface area contributed by atoms with E-state index < -0.39 is 5.97 Å². The van der Waals surface area contributed by atoms with Crippen molar-refractivity contribution in [2.45, 2.75) is 38.6 Å². The van der Waals surface area contributed by atoms with Crippen LogP contribution >= 0.6 is 23.1 Å². The van der Waals surface area contributed by atoms with Gasteiger partial charge < -0.3 is 29.7 Å². The Kier molecular flexibility index (Phi) is 14.5. The van der Waals surface area contributed by atoms with Crippen LogP contribution in [-0.4, -0.2) is 139 Å². The molecule has 4 heterocycles. The summed E-state index contributed by atoms with van der Waals surface area (Å²) in [5.41, 5.74) is 0. The van der Waals surface area contributed by atoms with Gasteiger partial charge in [-0.2, -0.15) is 0 Å². The lowest BCUT2D eigenvalue weighted by atomic mass is 9.96. The lowest BCUT2D eigenvalue weighted by molar-refractivity contribution is -0.141. The van der Waals surface area contributed by atoms with E-state index in [0.717, 1.165) is 85.3 Å². The van der Waals surface area contributed by atoms with Gasteiger partial charge in [0.15, 0.2) is 0 Å². The van der Waals surface area contributed by atoms with E-state index in [1.807, 2.05) is 31.7 Å². The summed E-state index contributed by atoms with van der Waals surface area (Å²) in [5.74, 6) is 6.64. The smallest absolute Gasteiger partial charge is 0.317 e. The van der Waals surface area contributed by atoms with Crippen LogP contribution in [0.15, 0.2) is 11.1 Å². The number of carbonyl (C=O) groups is 3. The Morgan fingerprint density at radius 3 is 2.57 bits per heavy atom. The van der Waals surface area contributed by atoms with E-state index in [1.165, 1.54) is 23.1 Å². The Morgan fingerprint density at radius 2 is 1.85 bits per heavy atom. The quantitative estimate of drug-likeness (QED) is 0.0942. The number of hydrogen-bond donors (Lipinski definition) is 2. The van der Waals surface area contributed by atoms with Crippen molar-refractivity contribution >= 4 is 51.2 Å². The number of fused-ring (bicyclic) bond motifs is 1. The zero-order chi connectivity index (χ0) is 32.9. The average molecular weight is 675 g/mol. The van der Waals surface area contributed by atoms with Gasteiger partial charge in [0.05, 0.1) is 36.9 Å². The number of carbonyl (C=O) groups excluding carboxylic acids is 2. The number of esters is 1. The number of thiophene rings is 1. The van der Waals surface area contributed by atoms with Crippen LogP contribution in [0.4, 0.5) is 0 Å². The molecule has 1 amide bonds. The summed E-state index contributed by atoms with van der Waals surface area (Å²) in [5, 5.41) is 13.3. The van der Waals surface area contributed by atoms with Gasteiger partial charge >= 0.3 is 11.9 Å². The highest BCUT2D eigenvalue weighted by Crippen LogP contribution is 2.31. The molecule has 12 nitrogen and oxygen atoms in total. The van der Waals surface area contributed by atoms with Crippen LogP contribution in [0.3, 0.4) is 0 Å². The predicted molar refractivity (Wildman–Crippen MR) is 179 cm³/mol. The van der Waals surface area contributed by atoms with E-state index in [4.69, 9.17) is 14.6 Å². The summed E-state index contributed by atoms with van der Waals surface area (Å²) >= 11 is 2.79. The summed E-state index contributed by atoms with van der Waals surface area (Å²) in [6, 6.07) is 1.92. The number of aliphatic carboxylic acids is 1. The molecule has 252 valence electrons. The van der Waals surface area contributed by atoms with Crippen molar-refractivity contribution in [1.82, 2.24) is 30.0 Å². The molecular weight excluding hydrogens is 629 g/mol. The van der Waals surface area contributed by atoms with Crippen molar-refractivity contribution in [2.75, 3.05) is 91.0 Å². The van der Waals surface area contributed by atoms with E-state index in [-0.39, 0.29) is 43.2 Å². The fourth-order valence-electron chi connectivity index (χ4n) is 5.36. The molecule has 0 atom stereocenters. The second-order valence-electron chi connectivity index (χ2n) is 12.2. The Bertz CT molecular complexity index is 1380. The largest absolute Gasteiger partial charge is 0.480 e. The standard InChI is InChI=1S/C32H46N6O6S2/c1-23(2)20-44-30(42)22-45-31-27-17-26(46-32(27)35-24(3)34-31)5-4-8-33-28(39)21-43-16-15-36-9-6-25(7-10-36)18-37-11-13-38(14-12-37)19-29(40)41/h17,23,25H,6-16,18-22H2,1-3H3,(H,33,39)(H,40,41). The first kappa shape index (κ1) is 36.0. The van der Waals surface area contributed by atoms with E-state index in [9.17, 15) is 14.4 Å². The molecule has 2 aromatic rings. The second-order valence-corrected chi connectivity index (χ2v) is 14.2. The van der Waals surface area contributed by atoms with Gasteiger partial charge in [-0.25, -0.2) is 9.97 Å². The van der Waals surface area contributed by atoms with Gasteiger partial charge in [0.2, 0.25) is 5.91 Å². The number of amides is 1. The fraction of sp³-hybridized carbons (Fsp3) is 0.656. The number of piperazine rings is 1. The summed E-state index contributed by atoms with van der Waals surface area (Å²) < 4.78 is 10.9. The molecule has 0 unspecified atom stereocenters. The lowest BCUT2D eigenvalue weighted by Crippen LogP contribution is -2.50. The number of hydrogen-bond acceptors (Lipinski definition) is 12. The topological polar surface area (TPSA) is 137 Å². The van der Waals surface area contributed by atoms with Crippen molar-refractivity contribution in [2.24, 2.45) is 11.8 Å². The highest BCUT2D eigenvalue weighted by Gasteiger charge is 2.24. The number of likely N-dealkylation sites (tertiary alicyclic amines) is 1. The molecule has 2 aliphatic rings. The van der Waals surface area contributed by atoms with Crippen molar-refractivity contribution in [3.05, 3.63) is 16.8 Å². The summed E-state index contributed by atoms with van der Waals surface area (Å²) in [6.45, 7) is 14.6. The highest BCUT2D eigenvalue weighted by molar-refractivity contribution is 8.00. The third-order valence-corrected chi connectivity index (χ3v) is 9.70. The molecule has 46 heavy (non-hydrogen) atoms. The monoisotopic (exact) mass is 674 g/mol. The number of ether oxygens (including phenoxy) is 2. The van der Waals surface area contributed by atoms with Crippen LogP contribution in [-0.2, 0) is 23.9 Å². The maximum Gasteiger partial charge on any atom is 0.317 e. The minimum absolute atomic E-state index is 0.00391. The number of aromatic nitrogens is 2. The van der Waals surface area contributed by atoms with Crippen molar-refractivity contribution < 1.29 is 29.0 Å². The highest BCUT2D eigenvalue weighted by atomic mass is 32.2. The molecule has 0 bridgehead atoms. The normalized spacial score (nSPS) is 16.8. The molecule has 2 N–H and O–H groups in total. The van der Waals surface area contributed by atoms with Gasteiger partial charge in [0, 0.05) is 44.7 Å². The van der Waals surface area contributed by atoms with E-state index >= 15 is 0 Å². The first-order chi connectivity index (χ1) is 22.1. The number of carboxylic acid groups (broad SMARTS) is 1. The van der Waals surface area contributed by atoms with Crippen molar-refractivity contribution in [3.8, 4) is 11.8 Å². The van der Waals surface area contributed by atoms with Gasteiger partial charge in [-0.05, 0) is 50.8 Å². The third kappa shape index (κ3) is 12.4. The van der Waals surface area contributed by atoms with E-state index in [2.05, 4.69) is 36.9 Å². The molecule has 14 heteroatoms. The number of carboxylic acids is 1. The zero-order valence-corrected chi connectivity index (χ0v) is 28.7. The molecule has 4 rings (SSSR count). The molecule has 2 saturated heterocycles. The molecule has 0 aromatic carbocycles. The summed E-state index contributed by atoms with van der Waals surface area (Å²) in [7, 11) is 0. The van der Waals surface area contributed by atoms with Crippen LogP contribution in [0.25, 0.3) is 10.2 Å². The van der Waals surface area contributed by atoms with Gasteiger partial charge in [0.1, 0.15) is 22.3 Å². The number of aryl methyl sites for hydroxylation is 1. The number of thioether (sulfide) groups is 1. The maximum atomic E-state index is 12.2. The van der Waals surface area contributed by atoms with E-state index in [0.29, 0.717) is 25.0 Å². The molecule has 0 radical (unpaired) electrons. The molecule has 0 saturated carbocycles. The predicted octanol–water partition coefficient (Wildman–Crippen LogP) is 2.19. The minimum Gasteiger partial charge on any atom is -0.480 e. The summed E-state index contributed by atoms with van der Waals surface area (Å²) in [6.07, 6.45) is 2.29. The van der Waals surface area contributed by atoms with Crippen LogP contribution in [0, 0.1) is 30.6 Å². The van der Waals surface area contributed by atoms with Crippen LogP contribution in [0.2, 0.25) is 0 Å². The number of nitrogens with zero attached hydrogens (tertiary/aromatic N) is 5. The summed E-state index contributed by atoms with van der Waals surface area (Å²) in [4.78, 5) is 52.7. The number of rotatable bonds is 15. The Hall–Kier alpha value is -2.80. The number of nitrogens with one attached hydrogen (secondary N) is 1. The van der Waals surface area contributed by atoms with Crippen LogP contribution in [0.5, 0.6) is 0 Å².